The molecule has 0 fully saturated rings. The fourth-order valence-corrected chi connectivity index (χ4v) is 2.10. The zero-order chi connectivity index (χ0) is 12.9. The largest absolute Gasteiger partial charge is 0.384 e. The van der Waals surface area contributed by atoms with Crippen molar-refractivity contribution in [1.82, 2.24) is 9.97 Å². The lowest BCUT2D eigenvalue weighted by atomic mass is 10.1. The van der Waals surface area contributed by atoms with Crippen LogP contribution in [0.25, 0.3) is 21.5 Å². The van der Waals surface area contributed by atoms with Crippen molar-refractivity contribution in [3.05, 3.63) is 24.3 Å². The van der Waals surface area contributed by atoms with Gasteiger partial charge < -0.3 is 22.9 Å². The first-order valence-electron chi connectivity index (χ1n) is 5.36. The van der Waals surface area contributed by atoms with Crippen LogP contribution >= 0.6 is 0 Å². The summed E-state index contributed by atoms with van der Waals surface area (Å²) in [5.41, 5.74) is 23.1. The van der Waals surface area contributed by atoms with Gasteiger partial charge in [0.2, 0.25) is 0 Å². The molecule has 0 atom stereocenters. The monoisotopic (exact) mass is 240 g/mol. The minimum absolute atomic E-state index is 0.378. The molecular weight excluding hydrogens is 228 g/mol. The summed E-state index contributed by atoms with van der Waals surface area (Å²) in [5.74, 6) is 1.52. The highest BCUT2D eigenvalue weighted by molar-refractivity contribution is 6.06. The molecule has 2 aromatic heterocycles. The molecular formula is C12H12N6. The number of aromatic nitrogens is 2. The van der Waals surface area contributed by atoms with Gasteiger partial charge >= 0.3 is 0 Å². The minimum atomic E-state index is 0.378. The predicted molar refractivity (Wildman–Crippen MR) is 74.7 cm³/mol. The van der Waals surface area contributed by atoms with Crippen molar-refractivity contribution in [1.29, 1.82) is 0 Å². The van der Waals surface area contributed by atoms with Gasteiger partial charge in [-0.25, -0.2) is 9.97 Å². The molecule has 0 saturated carbocycles. The van der Waals surface area contributed by atoms with Crippen LogP contribution in [0.15, 0.2) is 24.3 Å². The standard InChI is InChI=1S/C12H12N6/c13-9-2-5-1-6-3-10(14)18-12(16)8(6)4-7(5)11(15)17-9/h1-4H,(H4,13,15,17)(H4,14,16,18). The lowest BCUT2D eigenvalue weighted by Gasteiger charge is -2.08. The normalized spacial score (nSPS) is 11.1. The maximum Gasteiger partial charge on any atom is 0.133 e. The Bertz CT molecular complexity index is 717. The fourth-order valence-electron chi connectivity index (χ4n) is 2.10. The van der Waals surface area contributed by atoms with Crippen LogP contribution in [0.5, 0.6) is 0 Å². The van der Waals surface area contributed by atoms with Gasteiger partial charge in [0.1, 0.15) is 23.3 Å². The molecule has 90 valence electrons. The Morgan fingerprint density at radius 2 is 1.06 bits per heavy atom. The number of nitrogens with zero attached hydrogens (tertiary/aromatic N) is 2. The molecule has 3 aromatic rings. The lowest BCUT2D eigenvalue weighted by Crippen LogP contribution is -1.99. The number of anilines is 4. The summed E-state index contributed by atoms with van der Waals surface area (Å²) < 4.78 is 0. The summed E-state index contributed by atoms with van der Waals surface area (Å²) in [4.78, 5) is 8.05. The Morgan fingerprint density at radius 3 is 1.50 bits per heavy atom. The molecule has 0 spiro atoms. The van der Waals surface area contributed by atoms with E-state index in [4.69, 9.17) is 22.9 Å². The molecule has 2 heterocycles. The third-order valence-electron chi connectivity index (χ3n) is 2.88. The van der Waals surface area contributed by atoms with Gasteiger partial charge in [-0.05, 0) is 35.0 Å². The molecule has 0 unspecified atom stereocenters. The predicted octanol–water partition coefficient (Wildman–Crippen LogP) is 1.11. The Balaban J connectivity index is 2.51. The summed E-state index contributed by atoms with van der Waals surface area (Å²) in [6.45, 7) is 0. The highest BCUT2D eigenvalue weighted by Crippen LogP contribution is 2.30. The number of rotatable bonds is 0. The highest BCUT2D eigenvalue weighted by Gasteiger charge is 2.07. The second-order valence-corrected chi connectivity index (χ2v) is 4.16. The molecule has 0 saturated heterocycles. The summed E-state index contributed by atoms with van der Waals surface area (Å²) in [7, 11) is 0. The zero-order valence-corrected chi connectivity index (χ0v) is 9.51. The van der Waals surface area contributed by atoms with E-state index in [1.807, 2.05) is 12.1 Å². The van der Waals surface area contributed by atoms with Crippen LogP contribution in [0.1, 0.15) is 0 Å². The van der Waals surface area contributed by atoms with Gasteiger partial charge in [-0.1, -0.05) is 0 Å². The second kappa shape index (κ2) is 3.36. The van der Waals surface area contributed by atoms with Crippen molar-refractivity contribution in [2.24, 2.45) is 0 Å². The van der Waals surface area contributed by atoms with Crippen molar-refractivity contribution in [3.63, 3.8) is 0 Å². The molecule has 0 aliphatic rings. The second-order valence-electron chi connectivity index (χ2n) is 4.16. The van der Waals surface area contributed by atoms with Gasteiger partial charge in [-0.3, -0.25) is 0 Å². The van der Waals surface area contributed by atoms with Crippen molar-refractivity contribution < 1.29 is 0 Å². The quantitative estimate of drug-likeness (QED) is 0.435. The third kappa shape index (κ3) is 1.43. The van der Waals surface area contributed by atoms with Crippen LogP contribution in [-0.4, -0.2) is 9.97 Å². The maximum absolute atomic E-state index is 5.85. The SMILES string of the molecule is Nc1cc2cc3cc(N)nc(N)c3cc2c(N)n1. The van der Waals surface area contributed by atoms with Gasteiger partial charge in [0.15, 0.2) is 0 Å². The molecule has 0 radical (unpaired) electrons. The Kier molecular flexibility index (Phi) is 1.94. The molecule has 3 rings (SSSR count). The van der Waals surface area contributed by atoms with Crippen LogP contribution in [0.2, 0.25) is 0 Å². The van der Waals surface area contributed by atoms with E-state index in [0.717, 1.165) is 21.5 Å². The van der Waals surface area contributed by atoms with Crippen LogP contribution in [-0.2, 0) is 0 Å². The first kappa shape index (κ1) is 10.4. The number of benzene rings is 1. The van der Waals surface area contributed by atoms with Crippen LogP contribution < -0.4 is 22.9 Å². The summed E-state index contributed by atoms with van der Waals surface area (Å²) in [5, 5.41) is 3.40. The lowest BCUT2D eigenvalue weighted by molar-refractivity contribution is 1.37. The van der Waals surface area contributed by atoms with Gasteiger partial charge in [-0.2, -0.15) is 0 Å². The van der Waals surface area contributed by atoms with Gasteiger partial charge in [0.25, 0.3) is 0 Å². The number of nitrogens with two attached hydrogens (primary N) is 4. The molecule has 0 aliphatic heterocycles. The van der Waals surface area contributed by atoms with E-state index in [9.17, 15) is 0 Å². The Morgan fingerprint density at radius 1 is 0.611 bits per heavy atom. The average Bonchev–Trinajstić information content (AvgIpc) is 2.26. The van der Waals surface area contributed by atoms with E-state index < -0.39 is 0 Å². The number of hydrogen-bond donors (Lipinski definition) is 4. The molecule has 6 nitrogen and oxygen atoms in total. The van der Waals surface area contributed by atoms with E-state index in [-0.39, 0.29) is 0 Å². The summed E-state index contributed by atoms with van der Waals surface area (Å²) in [6, 6.07) is 7.30. The van der Waals surface area contributed by atoms with Crippen LogP contribution in [0, 0.1) is 0 Å². The topological polar surface area (TPSA) is 130 Å². The number of hydrogen-bond acceptors (Lipinski definition) is 6. The zero-order valence-electron chi connectivity index (χ0n) is 9.51. The maximum atomic E-state index is 5.85. The highest BCUT2D eigenvalue weighted by atomic mass is 14.9. The molecule has 0 amide bonds. The first-order chi connectivity index (χ1) is 8.54. The van der Waals surface area contributed by atoms with Crippen molar-refractivity contribution in [2.45, 2.75) is 0 Å². The number of nitrogen functional groups attached to an aromatic ring is 4. The fraction of sp³-hybridized carbons (Fsp3) is 0. The molecule has 1 aromatic carbocycles. The smallest absolute Gasteiger partial charge is 0.133 e. The van der Waals surface area contributed by atoms with Crippen molar-refractivity contribution >= 4 is 44.8 Å². The molecule has 8 N–H and O–H groups in total. The number of pyridine rings is 2. The van der Waals surface area contributed by atoms with Crippen molar-refractivity contribution in [2.75, 3.05) is 22.9 Å². The average molecular weight is 240 g/mol. The summed E-state index contributed by atoms with van der Waals surface area (Å²) >= 11 is 0. The van der Waals surface area contributed by atoms with Crippen LogP contribution in [0.4, 0.5) is 23.3 Å². The van der Waals surface area contributed by atoms with E-state index in [1.165, 1.54) is 0 Å². The van der Waals surface area contributed by atoms with E-state index in [0.29, 0.717) is 23.3 Å². The first-order valence-corrected chi connectivity index (χ1v) is 5.36. The van der Waals surface area contributed by atoms with E-state index >= 15 is 0 Å². The molecule has 0 aliphatic carbocycles. The van der Waals surface area contributed by atoms with E-state index in [1.54, 1.807) is 12.1 Å². The third-order valence-corrected chi connectivity index (χ3v) is 2.88. The van der Waals surface area contributed by atoms with Gasteiger partial charge in [0, 0.05) is 10.8 Å². The summed E-state index contributed by atoms with van der Waals surface area (Å²) in [6.07, 6.45) is 0. The minimum Gasteiger partial charge on any atom is -0.384 e. The van der Waals surface area contributed by atoms with Gasteiger partial charge in [-0.15, -0.1) is 0 Å². The van der Waals surface area contributed by atoms with E-state index in [2.05, 4.69) is 9.97 Å². The molecule has 6 heteroatoms. The van der Waals surface area contributed by atoms with Crippen LogP contribution in [0.3, 0.4) is 0 Å². The van der Waals surface area contributed by atoms with Crippen molar-refractivity contribution in [3.8, 4) is 0 Å². The number of fused-ring (bicyclic) bond motifs is 2. The Labute approximate surface area is 103 Å². The molecule has 18 heavy (non-hydrogen) atoms. The Hall–Kier alpha value is -2.76. The van der Waals surface area contributed by atoms with Gasteiger partial charge in [0.05, 0.1) is 0 Å². The molecule has 0 bridgehead atoms.